The largest absolute Gasteiger partial charge is 0.450 e. The normalized spacial score (nSPS) is 27.1. The molecule has 1 aromatic rings. The fraction of sp³-hybridized carbons (Fsp3) is 0.682. The highest BCUT2D eigenvalue weighted by Crippen LogP contribution is 2.48. The SMILES string of the molecule is CCc1nccc2c1C(=O)O[C@]21CC[C@H](C(=O)N(C)CCN2CCCC2)CC1. The minimum absolute atomic E-state index is 0.0319. The van der Waals surface area contributed by atoms with Crippen molar-refractivity contribution in [1.29, 1.82) is 0 Å². The van der Waals surface area contributed by atoms with E-state index in [1.165, 1.54) is 12.8 Å². The van der Waals surface area contributed by atoms with Gasteiger partial charge in [-0.2, -0.15) is 0 Å². The number of carbonyl (C=O) groups is 2. The molecule has 4 rings (SSSR count). The molecule has 0 atom stereocenters. The Balaban J connectivity index is 1.38. The number of nitrogens with zero attached hydrogens (tertiary/aromatic N) is 3. The molecule has 2 aliphatic heterocycles. The van der Waals surface area contributed by atoms with Gasteiger partial charge in [-0.3, -0.25) is 9.78 Å². The molecule has 0 N–H and O–H groups in total. The molecular formula is C22H31N3O3. The number of aromatic nitrogens is 1. The standard InChI is InChI=1S/C22H31N3O3/c1-3-18-19-17(8-11-23-18)22(28-21(19)27)9-6-16(7-10-22)20(26)24(2)14-15-25-12-4-5-13-25/h8,11,16H,3-7,9-10,12-15H2,1-2H3/t16-,22-. The number of rotatable bonds is 5. The minimum atomic E-state index is -0.551. The number of hydrogen-bond donors (Lipinski definition) is 0. The highest BCUT2D eigenvalue weighted by Gasteiger charge is 2.49. The van der Waals surface area contributed by atoms with E-state index in [1.807, 2.05) is 24.9 Å². The number of amides is 1. The average molecular weight is 386 g/mol. The van der Waals surface area contributed by atoms with E-state index in [0.717, 1.165) is 69.5 Å². The summed E-state index contributed by atoms with van der Waals surface area (Å²) in [6.07, 6.45) is 8.02. The summed E-state index contributed by atoms with van der Waals surface area (Å²) in [6, 6.07) is 1.93. The fourth-order valence-corrected chi connectivity index (χ4v) is 5.09. The monoisotopic (exact) mass is 385 g/mol. The summed E-state index contributed by atoms with van der Waals surface area (Å²) in [5.74, 6) is 0.0273. The van der Waals surface area contributed by atoms with E-state index in [1.54, 1.807) is 6.20 Å². The quantitative estimate of drug-likeness (QED) is 0.730. The van der Waals surface area contributed by atoms with Gasteiger partial charge in [0.25, 0.3) is 0 Å². The van der Waals surface area contributed by atoms with Gasteiger partial charge in [-0.15, -0.1) is 0 Å². The zero-order chi connectivity index (χ0) is 19.7. The molecule has 1 amide bonds. The maximum atomic E-state index is 12.9. The first-order chi connectivity index (χ1) is 13.5. The summed E-state index contributed by atoms with van der Waals surface area (Å²) in [5, 5.41) is 0. The van der Waals surface area contributed by atoms with Crippen LogP contribution in [0, 0.1) is 5.92 Å². The molecule has 2 fully saturated rings. The lowest BCUT2D eigenvalue weighted by atomic mass is 9.74. The van der Waals surface area contributed by atoms with Crippen molar-refractivity contribution in [2.45, 2.75) is 57.5 Å². The smallest absolute Gasteiger partial charge is 0.341 e. The van der Waals surface area contributed by atoms with Crippen LogP contribution < -0.4 is 0 Å². The Morgan fingerprint density at radius 2 is 2.04 bits per heavy atom. The molecule has 28 heavy (non-hydrogen) atoms. The van der Waals surface area contributed by atoms with Crippen molar-refractivity contribution in [1.82, 2.24) is 14.8 Å². The Kier molecular flexibility index (Phi) is 5.41. The van der Waals surface area contributed by atoms with Crippen LogP contribution in [0.15, 0.2) is 12.3 Å². The number of aryl methyl sites for hydroxylation is 1. The topological polar surface area (TPSA) is 62.7 Å². The third-order valence-electron chi connectivity index (χ3n) is 6.82. The van der Waals surface area contributed by atoms with Crippen LogP contribution in [-0.4, -0.2) is 59.9 Å². The van der Waals surface area contributed by atoms with Crippen molar-refractivity contribution < 1.29 is 14.3 Å². The number of ether oxygens (including phenoxy) is 1. The molecular weight excluding hydrogens is 354 g/mol. The van der Waals surface area contributed by atoms with Gasteiger partial charge in [-0.05, 0) is 64.1 Å². The van der Waals surface area contributed by atoms with E-state index < -0.39 is 5.60 Å². The van der Waals surface area contributed by atoms with E-state index in [2.05, 4.69) is 9.88 Å². The van der Waals surface area contributed by atoms with Gasteiger partial charge in [0.15, 0.2) is 0 Å². The van der Waals surface area contributed by atoms with E-state index in [0.29, 0.717) is 5.56 Å². The van der Waals surface area contributed by atoms with Gasteiger partial charge in [0, 0.05) is 37.8 Å². The zero-order valence-corrected chi connectivity index (χ0v) is 17.1. The van der Waals surface area contributed by atoms with Gasteiger partial charge in [-0.25, -0.2) is 4.79 Å². The molecule has 3 aliphatic rings. The molecule has 0 aromatic carbocycles. The third kappa shape index (κ3) is 3.43. The number of carbonyl (C=O) groups excluding carboxylic acids is 2. The van der Waals surface area contributed by atoms with Crippen LogP contribution in [0.2, 0.25) is 0 Å². The van der Waals surface area contributed by atoms with Crippen LogP contribution in [0.5, 0.6) is 0 Å². The molecule has 6 heteroatoms. The minimum Gasteiger partial charge on any atom is -0.450 e. The Hall–Kier alpha value is -1.95. The first-order valence-corrected chi connectivity index (χ1v) is 10.7. The summed E-state index contributed by atoms with van der Waals surface area (Å²) in [7, 11) is 1.92. The van der Waals surface area contributed by atoms with Crippen LogP contribution >= 0.6 is 0 Å². The van der Waals surface area contributed by atoms with Crippen LogP contribution in [0.3, 0.4) is 0 Å². The molecule has 1 saturated heterocycles. The lowest BCUT2D eigenvalue weighted by molar-refractivity contribution is -0.137. The van der Waals surface area contributed by atoms with E-state index in [9.17, 15) is 9.59 Å². The third-order valence-corrected chi connectivity index (χ3v) is 6.82. The summed E-state index contributed by atoms with van der Waals surface area (Å²) in [5.41, 5.74) is 1.92. The number of likely N-dealkylation sites (N-methyl/N-ethyl adjacent to an activating group) is 1. The zero-order valence-electron chi connectivity index (χ0n) is 17.1. The second-order valence-corrected chi connectivity index (χ2v) is 8.50. The van der Waals surface area contributed by atoms with Crippen molar-refractivity contribution >= 4 is 11.9 Å². The Bertz CT molecular complexity index is 749. The molecule has 0 bridgehead atoms. The van der Waals surface area contributed by atoms with Gasteiger partial charge in [0.2, 0.25) is 5.91 Å². The van der Waals surface area contributed by atoms with Gasteiger partial charge >= 0.3 is 5.97 Å². The predicted molar refractivity (Wildman–Crippen MR) is 106 cm³/mol. The van der Waals surface area contributed by atoms with Gasteiger partial charge < -0.3 is 14.5 Å². The summed E-state index contributed by atoms with van der Waals surface area (Å²) in [6.45, 7) is 6.09. The van der Waals surface area contributed by atoms with Crippen LogP contribution in [0.25, 0.3) is 0 Å². The first-order valence-electron chi connectivity index (χ1n) is 10.7. The van der Waals surface area contributed by atoms with Crippen LogP contribution in [-0.2, 0) is 21.6 Å². The van der Waals surface area contributed by atoms with Crippen LogP contribution in [0.4, 0.5) is 0 Å². The second-order valence-electron chi connectivity index (χ2n) is 8.50. The van der Waals surface area contributed by atoms with Gasteiger partial charge in [0.1, 0.15) is 5.60 Å². The summed E-state index contributed by atoms with van der Waals surface area (Å²) >= 11 is 0. The molecule has 1 aliphatic carbocycles. The van der Waals surface area contributed by atoms with Gasteiger partial charge in [0.05, 0.1) is 11.3 Å². The van der Waals surface area contributed by atoms with Crippen molar-refractivity contribution in [2.24, 2.45) is 5.92 Å². The van der Waals surface area contributed by atoms with E-state index in [4.69, 9.17) is 4.74 Å². The predicted octanol–water partition coefficient (Wildman–Crippen LogP) is 2.75. The molecule has 0 radical (unpaired) electrons. The first kappa shape index (κ1) is 19.4. The molecule has 152 valence electrons. The lowest BCUT2D eigenvalue weighted by Crippen LogP contribution is -2.41. The lowest BCUT2D eigenvalue weighted by Gasteiger charge is -2.37. The maximum absolute atomic E-state index is 12.9. The molecule has 3 heterocycles. The Morgan fingerprint density at radius 1 is 1.32 bits per heavy atom. The van der Waals surface area contributed by atoms with Crippen molar-refractivity contribution in [2.75, 3.05) is 33.2 Å². The van der Waals surface area contributed by atoms with E-state index >= 15 is 0 Å². The molecule has 1 saturated carbocycles. The van der Waals surface area contributed by atoms with Crippen molar-refractivity contribution in [3.8, 4) is 0 Å². The van der Waals surface area contributed by atoms with E-state index in [-0.39, 0.29) is 17.8 Å². The summed E-state index contributed by atoms with van der Waals surface area (Å²) in [4.78, 5) is 34.1. The Morgan fingerprint density at radius 3 is 2.71 bits per heavy atom. The van der Waals surface area contributed by atoms with Gasteiger partial charge in [-0.1, -0.05) is 6.92 Å². The number of esters is 1. The highest BCUT2D eigenvalue weighted by molar-refractivity contribution is 5.96. The number of pyridine rings is 1. The second kappa shape index (κ2) is 7.82. The fourth-order valence-electron chi connectivity index (χ4n) is 5.09. The number of likely N-dealkylation sites (tertiary alicyclic amines) is 1. The van der Waals surface area contributed by atoms with Crippen LogP contribution in [0.1, 0.15) is 67.1 Å². The number of hydrogen-bond acceptors (Lipinski definition) is 5. The molecule has 1 spiro atoms. The average Bonchev–Trinajstić information content (AvgIpc) is 3.33. The maximum Gasteiger partial charge on any atom is 0.341 e. The molecule has 0 unspecified atom stereocenters. The number of fused-ring (bicyclic) bond motifs is 2. The summed E-state index contributed by atoms with van der Waals surface area (Å²) < 4.78 is 5.90. The molecule has 6 nitrogen and oxygen atoms in total. The highest BCUT2D eigenvalue weighted by atomic mass is 16.6. The Labute approximate surface area is 167 Å². The molecule has 1 aromatic heterocycles. The van der Waals surface area contributed by atoms with Crippen molar-refractivity contribution in [3.63, 3.8) is 0 Å². The van der Waals surface area contributed by atoms with Crippen molar-refractivity contribution in [3.05, 3.63) is 29.1 Å².